The Balaban J connectivity index is 1.37. The lowest BCUT2D eigenvalue weighted by molar-refractivity contribution is -0.138. The van der Waals surface area contributed by atoms with Crippen LogP contribution in [0.25, 0.3) is 0 Å². The number of amides is 2. The predicted octanol–water partition coefficient (Wildman–Crippen LogP) is 3.91. The molecule has 4 bridgehead atoms. The van der Waals surface area contributed by atoms with Crippen LogP contribution in [0.4, 0.5) is 5.69 Å². The van der Waals surface area contributed by atoms with Gasteiger partial charge in [0.25, 0.3) is 0 Å². The third kappa shape index (κ3) is 3.26. The Morgan fingerprint density at radius 1 is 1.00 bits per heavy atom. The molecule has 4 fully saturated rings. The van der Waals surface area contributed by atoms with E-state index in [1.165, 1.54) is 44.1 Å². The van der Waals surface area contributed by atoms with Crippen LogP contribution in [0.15, 0.2) is 24.3 Å². The summed E-state index contributed by atoms with van der Waals surface area (Å²) in [7, 11) is 0. The third-order valence-corrected chi connectivity index (χ3v) is 7.18. The van der Waals surface area contributed by atoms with Crippen molar-refractivity contribution in [1.82, 2.24) is 5.32 Å². The Bertz CT molecular complexity index is 659. The highest BCUT2D eigenvalue weighted by molar-refractivity contribution is 6.39. The topological polar surface area (TPSA) is 58.2 Å². The molecule has 0 aliphatic heterocycles. The van der Waals surface area contributed by atoms with Crippen LogP contribution in [-0.4, -0.2) is 17.9 Å². The molecule has 1 aromatic rings. The summed E-state index contributed by atoms with van der Waals surface area (Å²) in [5.74, 6) is 1.45. The molecule has 0 saturated heterocycles. The monoisotopic (exact) mass is 354 g/mol. The van der Waals surface area contributed by atoms with Crippen LogP contribution in [0.1, 0.15) is 57.9 Å². The van der Waals surface area contributed by atoms with Crippen molar-refractivity contribution in [2.75, 3.05) is 5.32 Å². The van der Waals surface area contributed by atoms with E-state index in [4.69, 9.17) is 0 Å². The Morgan fingerprint density at radius 3 is 2.04 bits per heavy atom. The van der Waals surface area contributed by atoms with Crippen LogP contribution in [0.2, 0.25) is 0 Å². The van der Waals surface area contributed by atoms with Crippen molar-refractivity contribution >= 4 is 17.5 Å². The van der Waals surface area contributed by atoms with Crippen molar-refractivity contribution in [1.29, 1.82) is 0 Å². The Kier molecular flexibility index (Phi) is 4.54. The zero-order valence-electron chi connectivity index (χ0n) is 15.9. The van der Waals surface area contributed by atoms with Gasteiger partial charge in [0.2, 0.25) is 0 Å². The summed E-state index contributed by atoms with van der Waals surface area (Å²) in [6.45, 7) is 4.20. The zero-order valence-corrected chi connectivity index (χ0v) is 15.9. The van der Waals surface area contributed by atoms with Gasteiger partial charge in [0.1, 0.15) is 0 Å². The van der Waals surface area contributed by atoms with Gasteiger partial charge in [-0.15, -0.1) is 0 Å². The van der Waals surface area contributed by atoms with E-state index < -0.39 is 11.8 Å². The third-order valence-electron chi connectivity index (χ3n) is 7.18. The lowest BCUT2D eigenvalue weighted by Gasteiger charge is -2.59. The number of carbonyl (C=O) groups excluding carboxylic acids is 2. The highest BCUT2D eigenvalue weighted by atomic mass is 16.2. The minimum atomic E-state index is -0.564. The molecule has 140 valence electrons. The van der Waals surface area contributed by atoms with E-state index in [-0.39, 0.29) is 11.5 Å². The van der Waals surface area contributed by atoms with Crippen LogP contribution in [0, 0.1) is 23.2 Å². The molecule has 4 heteroatoms. The van der Waals surface area contributed by atoms with Crippen molar-refractivity contribution < 1.29 is 9.59 Å². The average molecular weight is 354 g/mol. The first kappa shape index (κ1) is 17.6. The number of benzene rings is 1. The summed E-state index contributed by atoms with van der Waals surface area (Å²) in [5, 5.41) is 5.75. The second-order valence-electron chi connectivity index (χ2n) is 8.98. The highest BCUT2D eigenvalue weighted by Crippen LogP contribution is 2.61. The summed E-state index contributed by atoms with van der Waals surface area (Å²) in [4.78, 5) is 24.8. The molecule has 26 heavy (non-hydrogen) atoms. The minimum absolute atomic E-state index is 0.0663. The largest absolute Gasteiger partial charge is 0.345 e. The molecule has 4 aliphatic rings. The Hall–Kier alpha value is -1.84. The molecule has 1 unspecified atom stereocenters. The first-order valence-corrected chi connectivity index (χ1v) is 10.2. The summed E-state index contributed by atoms with van der Waals surface area (Å²) in [6.07, 6.45) is 8.77. The summed E-state index contributed by atoms with van der Waals surface area (Å²) >= 11 is 0. The van der Waals surface area contributed by atoms with Crippen molar-refractivity contribution in [3.8, 4) is 0 Å². The van der Waals surface area contributed by atoms with Crippen LogP contribution in [-0.2, 0) is 16.0 Å². The number of anilines is 1. The molecule has 0 heterocycles. The maximum Gasteiger partial charge on any atom is 0.313 e. The Morgan fingerprint density at radius 2 is 1.54 bits per heavy atom. The number of nitrogens with one attached hydrogen (secondary N) is 2. The van der Waals surface area contributed by atoms with Crippen LogP contribution >= 0.6 is 0 Å². The number of carbonyl (C=O) groups is 2. The molecular weight excluding hydrogens is 324 g/mol. The van der Waals surface area contributed by atoms with Crippen molar-refractivity contribution in [3.63, 3.8) is 0 Å². The van der Waals surface area contributed by atoms with E-state index in [9.17, 15) is 9.59 Å². The van der Waals surface area contributed by atoms with Crippen LogP contribution in [0.3, 0.4) is 0 Å². The van der Waals surface area contributed by atoms with Gasteiger partial charge in [-0.3, -0.25) is 9.59 Å². The van der Waals surface area contributed by atoms with Gasteiger partial charge in [-0.1, -0.05) is 19.1 Å². The summed E-state index contributed by atoms with van der Waals surface area (Å²) in [5.41, 5.74) is 2.10. The molecule has 5 rings (SSSR count). The van der Waals surface area contributed by atoms with Crippen LogP contribution < -0.4 is 10.6 Å². The lowest BCUT2D eigenvalue weighted by Crippen LogP contribution is -2.57. The van der Waals surface area contributed by atoms with E-state index in [2.05, 4.69) is 24.5 Å². The van der Waals surface area contributed by atoms with Crippen LogP contribution in [0.5, 0.6) is 0 Å². The van der Waals surface area contributed by atoms with Gasteiger partial charge in [0.05, 0.1) is 0 Å². The molecule has 0 spiro atoms. The fourth-order valence-electron chi connectivity index (χ4n) is 6.13. The van der Waals surface area contributed by atoms with E-state index in [1.807, 2.05) is 24.3 Å². The fraction of sp³-hybridized carbons (Fsp3) is 0.636. The molecule has 1 atom stereocenters. The second-order valence-corrected chi connectivity index (χ2v) is 8.98. The molecule has 1 aromatic carbocycles. The first-order valence-electron chi connectivity index (χ1n) is 10.2. The average Bonchev–Trinajstić information content (AvgIpc) is 2.61. The Labute approximate surface area is 156 Å². The van der Waals surface area contributed by atoms with Gasteiger partial charge >= 0.3 is 11.8 Å². The first-order chi connectivity index (χ1) is 12.5. The smallest absolute Gasteiger partial charge is 0.313 e. The second kappa shape index (κ2) is 6.71. The number of hydrogen-bond acceptors (Lipinski definition) is 2. The molecule has 2 N–H and O–H groups in total. The maximum absolute atomic E-state index is 12.5. The molecule has 4 saturated carbocycles. The van der Waals surface area contributed by atoms with E-state index in [1.54, 1.807) is 0 Å². The zero-order chi connectivity index (χ0) is 18.3. The normalized spacial score (nSPS) is 32.9. The molecule has 0 radical (unpaired) electrons. The maximum atomic E-state index is 12.5. The van der Waals surface area contributed by atoms with Gasteiger partial charge in [-0.25, -0.2) is 0 Å². The summed E-state index contributed by atoms with van der Waals surface area (Å²) in [6, 6.07) is 7.73. The van der Waals surface area contributed by atoms with Crippen molar-refractivity contribution in [3.05, 3.63) is 29.8 Å². The van der Waals surface area contributed by atoms with Crippen molar-refractivity contribution in [2.45, 2.75) is 64.8 Å². The quantitative estimate of drug-likeness (QED) is 0.806. The van der Waals surface area contributed by atoms with Gasteiger partial charge in [0.15, 0.2) is 0 Å². The van der Waals surface area contributed by atoms with Gasteiger partial charge in [-0.05, 0) is 92.7 Å². The summed E-state index contributed by atoms with van der Waals surface area (Å²) < 4.78 is 0. The van der Waals surface area contributed by atoms with Gasteiger partial charge in [0, 0.05) is 11.7 Å². The van der Waals surface area contributed by atoms with E-state index in [0.717, 1.165) is 24.2 Å². The van der Waals surface area contributed by atoms with E-state index >= 15 is 0 Å². The van der Waals surface area contributed by atoms with Crippen molar-refractivity contribution in [2.24, 2.45) is 23.2 Å². The molecule has 4 aliphatic carbocycles. The molecule has 4 nitrogen and oxygen atoms in total. The number of aryl methyl sites for hydroxylation is 1. The molecule has 2 amide bonds. The van der Waals surface area contributed by atoms with Gasteiger partial charge in [-0.2, -0.15) is 0 Å². The highest BCUT2D eigenvalue weighted by Gasteiger charge is 2.53. The lowest BCUT2D eigenvalue weighted by atomic mass is 9.48. The predicted molar refractivity (Wildman–Crippen MR) is 103 cm³/mol. The fourth-order valence-corrected chi connectivity index (χ4v) is 6.13. The minimum Gasteiger partial charge on any atom is -0.345 e. The standard InChI is InChI=1S/C22H30N2O2/c1-3-15-4-6-19(7-5-15)24-21(26)20(25)23-14(2)22-11-16-8-17(12-22)10-18(9-16)13-22/h4-7,14,16-18H,3,8-13H2,1-2H3,(H,23,25)(H,24,26). The number of rotatable bonds is 4. The van der Waals surface area contributed by atoms with E-state index in [0.29, 0.717) is 5.69 Å². The molecule has 0 aromatic heterocycles. The molecular formula is C22H30N2O2. The SMILES string of the molecule is CCc1ccc(NC(=O)C(=O)NC(C)C23CC4CC(CC(C4)C2)C3)cc1. The van der Waals surface area contributed by atoms with Gasteiger partial charge < -0.3 is 10.6 Å². The number of hydrogen-bond donors (Lipinski definition) is 2.